The number of aromatic amines is 1. The molecule has 0 aliphatic rings. The summed E-state index contributed by atoms with van der Waals surface area (Å²) in [4.78, 5) is 20.4. The second-order valence-electron chi connectivity index (χ2n) is 5.03. The first-order valence-electron chi connectivity index (χ1n) is 7.08. The summed E-state index contributed by atoms with van der Waals surface area (Å²) >= 11 is 0. The van der Waals surface area contributed by atoms with E-state index < -0.39 is 0 Å². The minimum absolute atomic E-state index is 0.0803. The van der Waals surface area contributed by atoms with Crippen molar-refractivity contribution in [3.63, 3.8) is 0 Å². The van der Waals surface area contributed by atoms with Gasteiger partial charge in [0.05, 0.1) is 18.1 Å². The zero-order valence-corrected chi connectivity index (χ0v) is 12.5. The summed E-state index contributed by atoms with van der Waals surface area (Å²) in [6.45, 7) is 6.85. The van der Waals surface area contributed by atoms with Crippen LogP contribution in [0.1, 0.15) is 27.2 Å². The number of carbonyl (C=O) groups is 1. The number of nitrogens with one attached hydrogen (secondary N) is 4. The van der Waals surface area contributed by atoms with Crippen LogP contribution in [0.25, 0.3) is 11.0 Å². The minimum atomic E-state index is -0.0803. The van der Waals surface area contributed by atoms with Gasteiger partial charge in [0.2, 0.25) is 11.9 Å². The molecule has 0 atom stereocenters. The molecule has 0 saturated carbocycles. The van der Waals surface area contributed by atoms with Gasteiger partial charge >= 0.3 is 0 Å². The van der Waals surface area contributed by atoms with Crippen molar-refractivity contribution in [2.24, 2.45) is 0 Å². The number of H-pyrrole nitrogens is 1. The molecular formula is C13H21N7O. The van der Waals surface area contributed by atoms with Gasteiger partial charge in [-0.25, -0.2) is 0 Å². The molecule has 1 amide bonds. The topological polar surface area (TPSA) is 108 Å². The largest absolute Gasteiger partial charge is 0.360 e. The number of hydrogen-bond donors (Lipinski definition) is 4. The molecule has 0 aliphatic carbocycles. The van der Waals surface area contributed by atoms with E-state index in [-0.39, 0.29) is 18.5 Å². The molecule has 0 saturated heterocycles. The summed E-state index contributed by atoms with van der Waals surface area (Å²) < 4.78 is 0. The zero-order chi connectivity index (χ0) is 15.2. The molecule has 2 rings (SSSR count). The molecular weight excluding hydrogens is 270 g/mol. The Morgan fingerprint density at radius 1 is 1.33 bits per heavy atom. The number of fused-ring (bicyclic) bond motifs is 1. The molecule has 4 N–H and O–H groups in total. The van der Waals surface area contributed by atoms with Gasteiger partial charge in [-0.05, 0) is 20.3 Å². The third kappa shape index (κ3) is 4.04. The molecule has 0 aliphatic heterocycles. The van der Waals surface area contributed by atoms with Gasteiger partial charge in [0.1, 0.15) is 5.82 Å². The van der Waals surface area contributed by atoms with Crippen molar-refractivity contribution in [3.05, 3.63) is 6.20 Å². The second-order valence-corrected chi connectivity index (χ2v) is 5.03. The van der Waals surface area contributed by atoms with E-state index in [9.17, 15) is 4.79 Å². The van der Waals surface area contributed by atoms with Gasteiger partial charge in [0.25, 0.3) is 0 Å². The summed E-state index contributed by atoms with van der Waals surface area (Å²) in [7, 11) is 0. The van der Waals surface area contributed by atoms with Crippen LogP contribution in [0, 0.1) is 0 Å². The Hall–Kier alpha value is -2.38. The monoisotopic (exact) mass is 291 g/mol. The Balaban J connectivity index is 2.13. The minimum Gasteiger partial charge on any atom is -0.360 e. The van der Waals surface area contributed by atoms with Gasteiger partial charge in [-0.3, -0.25) is 9.89 Å². The Labute approximate surface area is 123 Å². The smallest absolute Gasteiger partial charge is 0.239 e. The van der Waals surface area contributed by atoms with Gasteiger partial charge < -0.3 is 16.0 Å². The van der Waals surface area contributed by atoms with Crippen LogP contribution in [0.4, 0.5) is 11.8 Å². The summed E-state index contributed by atoms with van der Waals surface area (Å²) in [5.74, 6) is 1.02. The maximum Gasteiger partial charge on any atom is 0.239 e. The number of anilines is 2. The van der Waals surface area contributed by atoms with Crippen molar-refractivity contribution in [3.8, 4) is 0 Å². The number of hydrogen-bond acceptors (Lipinski definition) is 6. The first-order chi connectivity index (χ1) is 10.1. The van der Waals surface area contributed by atoms with E-state index >= 15 is 0 Å². The van der Waals surface area contributed by atoms with Crippen LogP contribution in [0.15, 0.2) is 6.20 Å². The predicted molar refractivity (Wildman–Crippen MR) is 82.2 cm³/mol. The lowest BCUT2D eigenvalue weighted by Gasteiger charge is -2.11. The normalized spacial score (nSPS) is 10.9. The van der Waals surface area contributed by atoms with Crippen molar-refractivity contribution < 1.29 is 4.79 Å². The number of rotatable bonds is 7. The quantitative estimate of drug-likeness (QED) is 0.608. The van der Waals surface area contributed by atoms with E-state index in [4.69, 9.17) is 0 Å². The first-order valence-corrected chi connectivity index (χ1v) is 7.08. The highest BCUT2D eigenvalue weighted by molar-refractivity contribution is 5.89. The van der Waals surface area contributed by atoms with Gasteiger partial charge in [-0.2, -0.15) is 15.1 Å². The molecule has 21 heavy (non-hydrogen) atoms. The third-order valence-electron chi connectivity index (χ3n) is 2.71. The highest BCUT2D eigenvalue weighted by Gasteiger charge is 2.10. The fourth-order valence-corrected chi connectivity index (χ4v) is 1.82. The third-order valence-corrected chi connectivity index (χ3v) is 2.71. The maximum atomic E-state index is 11.7. The van der Waals surface area contributed by atoms with Crippen molar-refractivity contribution in [1.82, 2.24) is 25.5 Å². The molecule has 0 bridgehead atoms. The Bertz CT molecular complexity index is 608. The summed E-state index contributed by atoms with van der Waals surface area (Å²) in [5, 5.41) is 16.5. The van der Waals surface area contributed by atoms with E-state index in [2.05, 4.69) is 43.0 Å². The first kappa shape index (κ1) is 15.0. The van der Waals surface area contributed by atoms with Crippen LogP contribution < -0.4 is 16.0 Å². The molecule has 0 spiro atoms. The molecule has 8 nitrogen and oxygen atoms in total. The lowest BCUT2D eigenvalue weighted by atomic mass is 10.3. The number of carbonyl (C=O) groups excluding carboxylic acids is 1. The molecule has 0 fully saturated rings. The van der Waals surface area contributed by atoms with Crippen molar-refractivity contribution in [2.45, 2.75) is 33.2 Å². The van der Waals surface area contributed by atoms with Crippen molar-refractivity contribution >= 4 is 28.7 Å². The molecule has 0 unspecified atom stereocenters. The fraction of sp³-hybridized carbons (Fsp3) is 0.538. The van der Waals surface area contributed by atoms with Gasteiger partial charge in [0, 0.05) is 12.6 Å². The number of aromatic nitrogens is 4. The Morgan fingerprint density at radius 2 is 2.14 bits per heavy atom. The Morgan fingerprint density at radius 3 is 2.86 bits per heavy atom. The zero-order valence-electron chi connectivity index (χ0n) is 12.5. The summed E-state index contributed by atoms with van der Waals surface area (Å²) in [5.41, 5.74) is 0.635. The molecule has 114 valence electrons. The van der Waals surface area contributed by atoms with Crippen LogP contribution in [-0.4, -0.2) is 45.2 Å². The van der Waals surface area contributed by atoms with E-state index in [1.165, 1.54) is 0 Å². The van der Waals surface area contributed by atoms with Crippen LogP contribution >= 0.6 is 0 Å². The standard InChI is InChI=1S/C13H21N7O/c1-4-5-14-13-18-11(9-6-16-20-12(9)19-13)15-7-10(21)17-8(2)3/h6,8H,4-5,7H2,1-3H3,(H,17,21)(H3,14,15,16,18,19,20). The summed E-state index contributed by atoms with van der Waals surface area (Å²) in [6, 6.07) is 0.112. The second kappa shape index (κ2) is 6.87. The highest BCUT2D eigenvalue weighted by atomic mass is 16.1. The molecule has 8 heteroatoms. The molecule has 0 radical (unpaired) electrons. The highest BCUT2D eigenvalue weighted by Crippen LogP contribution is 2.19. The number of nitrogens with zero attached hydrogens (tertiary/aromatic N) is 3. The van der Waals surface area contributed by atoms with E-state index in [0.717, 1.165) is 18.4 Å². The van der Waals surface area contributed by atoms with Crippen LogP contribution in [0.2, 0.25) is 0 Å². The number of amides is 1. The lowest BCUT2D eigenvalue weighted by Crippen LogP contribution is -2.35. The van der Waals surface area contributed by atoms with Crippen molar-refractivity contribution in [1.29, 1.82) is 0 Å². The van der Waals surface area contributed by atoms with Gasteiger partial charge in [-0.1, -0.05) is 6.92 Å². The van der Waals surface area contributed by atoms with E-state index in [1.54, 1.807) is 6.20 Å². The molecule has 2 aromatic heterocycles. The average molecular weight is 291 g/mol. The average Bonchev–Trinajstić information content (AvgIpc) is 2.90. The fourth-order valence-electron chi connectivity index (χ4n) is 1.82. The van der Waals surface area contributed by atoms with Crippen LogP contribution in [-0.2, 0) is 4.79 Å². The molecule has 2 heterocycles. The Kier molecular flexibility index (Phi) is 4.91. The SMILES string of the molecule is CCCNc1nc(NCC(=O)NC(C)C)c2cn[nH]c2n1. The van der Waals surface area contributed by atoms with Gasteiger partial charge in [-0.15, -0.1) is 0 Å². The van der Waals surface area contributed by atoms with Gasteiger partial charge in [0.15, 0.2) is 5.65 Å². The summed E-state index contributed by atoms with van der Waals surface area (Å²) in [6.07, 6.45) is 2.62. The molecule has 0 aromatic carbocycles. The van der Waals surface area contributed by atoms with E-state index in [1.807, 2.05) is 13.8 Å². The maximum absolute atomic E-state index is 11.7. The van der Waals surface area contributed by atoms with E-state index in [0.29, 0.717) is 17.4 Å². The van der Waals surface area contributed by atoms with Crippen LogP contribution in [0.5, 0.6) is 0 Å². The predicted octanol–water partition coefficient (Wildman–Crippen LogP) is 1.11. The molecule has 2 aromatic rings. The van der Waals surface area contributed by atoms with Crippen molar-refractivity contribution in [2.75, 3.05) is 23.7 Å². The lowest BCUT2D eigenvalue weighted by molar-refractivity contribution is -0.119. The van der Waals surface area contributed by atoms with Crippen LogP contribution in [0.3, 0.4) is 0 Å².